The number of nitrogens with zero attached hydrogens (tertiary/aromatic N) is 1. The van der Waals surface area contributed by atoms with Gasteiger partial charge in [-0.3, -0.25) is 0 Å². The standard InChI is InChI=1S/C16H15F3N2O3/c17-16(18,19)13-7-10(14-8-24-15(23)21-20-14)3-6-12(13)9-1-4-11(22)5-2-9/h1,3,6-7,11,22H,2,4-5,8H2,(H,21,23). The lowest BCUT2D eigenvalue weighted by Crippen LogP contribution is -2.31. The van der Waals surface area contributed by atoms with Crippen LogP contribution in [0.3, 0.4) is 0 Å². The van der Waals surface area contributed by atoms with Gasteiger partial charge in [0, 0.05) is 5.56 Å². The van der Waals surface area contributed by atoms with Crippen LogP contribution >= 0.6 is 0 Å². The van der Waals surface area contributed by atoms with Crippen LogP contribution in [0.1, 0.15) is 36.0 Å². The SMILES string of the molecule is O=C1NN=C(c2ccc(C3=CCC(O)CC3)c(C(F)(F)F)c2)CO1. The van der Waals surface area contributed by atoms with E-state index in [0.29, 0.717) is 24.8 Å². The fourth-order valence-electron chi connectivity index (χ4n) is 2.76. The van der Waals surface area contributed by atoms with Crippen LogP contribution in [0.15, 0.2) is 29.4 Å². The molecule has 128 valence electrons. The van der Waals surface area contributed by atoms with E-state index < -0.39 is 23.9 Å². The molecule has 1 heterocycles. The quantitative estimate of drug-likeness (QED) is 0.869. The summed E-state index contributed by atoms with van der Waals surface area (Å²) in [5.41, 5.74) is 2.47. The summed E-state index contributed by atoms with van der Waals surface area (Å²) in [4.78, 5) is 10.9. The zero-order chi connectivity index (χ0) is 17.3. The topological polar surface area (TPSA) is 70.9 Å². The first-order valence-electron chi connectivity index (χ1n) is 7.43. The number of allylic oxidation sites excluding steroid dienone is 1. The van der Waals surface area contributed by atoms with Gasteiger partial charge in [0.25, 0.3) is 0 Å². The van der Waals surface area contributed by atoms with Gasteiger partial charge >= 0.3 is 12.3 Å². The van der Waals surface area contributed by atoms with E-state index in [1.54, 1.807) is 6.08 Å². The first-order chi connectivity index (χ1) is 11.3. The summed E-state index contributed by atoms with van der Waals surface area (Å²) < 4.78 is 45.1. The number of aliphatic hydroxyl groups excluding tert-OH is 1. The van der Waals surface area contributed by atoms with Crippen molar-refractivity contribution in [2.75, 3.05) is 6.61 Å². The number of amides is 1. The molecule has 0 spiro atoms. The molecule has 5 nitrogen and oxygen atoms in total. The van der Waals surface area contributed by atoms with Crippen molar-refractivity contribution in [1.82, 2.24) is 5.43 Å². The molecular weight excluding hydrogens is 325 g/mol. The molecule has 1 aromatic carbocycles. The Bertz CT molecular complexity index is 726. The van der Waals surface area contributed by atoms with E-state index in [1.807, 2.05) is 0 Å². The predicted octanol–water partition coefficient (Wildman–Crippen LogP) is 3.08. The molecular formula is C16H15F3N2O3. The molecule has 0 aromatic heterocycles. The molecule has 2 aliphatic rings. The number of nitrogens with one attached hydrogen (secondary N) is 1. The van der Waals surface area contributed by atoms with Crippen molar-refractivity contribution in [3.8, 4) is 0 Å². The Kier molecular flexibility index (Phi) is 4.31. The Balaban J connectivity index is 2.00. The Morgan fingerprint density at radius 1 is 1.33 bits per heavy atom. The minimum absolute atomic E-state index is 0.111. The number of cyclic esters (lactones) is 1. The van der Waals surface area contributed by atoms with Gasteiger partial charge in [0.1, 0.15) is 12.3 Å². The first-order valence-corrected chi connectivity index (χ1v) is 7.43. The molecule has 1 unspecified atom stereocenters. The second-order valence-corrected chi connectivity index (χ2v) is 5.66. The summed E-state index contributed by atoms with van der Waals surface area (Å²) in [6, 6.07) is 3.94. The van der Waals surface area contributed by atoms with E-state index in [2.05, 4.69) is 10.5 Å². The molecule has 1 aliphatic heterocycles. The summed E-state index contributed by atoms with van der Waals surface area (Å²) in [6.07, 6.45) is -2.93. The molecule has 0 fully saturated rings. The number of hydrazone groups is 1. The van der Waals surface area contributed by atoms with Crippen LogP contribution in [0, 0.1) is 0 Å². The van der Waals surface area contributed by atoms with Crippen LogP contribution in [0.2, 0.25) is 0 Å². The maximum atomic E-state index is 13.5. The monoisotopic (exact) mass is 340 g/mol. The zero-order valence-electron chi connectivity index (χ0n) is 12.6. The molecule has 1 aliphatic carbocycles. The van der Waals surface area contributed by atoms with Gasteiger partial charge in [0.15, 0.2) is 0 Å². The van der Waals surface area contributed by atoms with E-state index in [4.69, 9.17) is 4.74 Å². The average Bonchev–Trinajstić information content (AvgIpc) is 2.55. The Hall–Kier alpha value is -2.35. The number of benzene rings is 1. The molecule has 0 radical (unpaired) electrons. The Morgan fingerprint density at radius 2 is 2.12 bits per heavy atom. The second kappa shape index (κ2) is 6.27. The van der Waals surface area contributed by atoms with Gasteiger partial charge in [-0.25, -0.2) is 10.2 Å². The van der Waals surface area contributed by atoms with E-state index in [0.717, 1.165) is 6.07 Å². The van der Waals surface area contributed by atoms with Crippen molar-refractivity contribution in [2.45, 2.75) is 31.5 Å². The highest BCUT2D eigenvalue weighted by molar-refractivity contribution is 6.04. The van der Waals surface area contributed by atoms with E-state index in [1.165, 1.54) is 12.1 Å². The van der Waals surface area contributed by atoms with Gasteiger partial charge in [0.05, 0.1) is 11.7 Å². The number of carbonyl (C=O) groups excluding carboxylic acids is 1. The molecule has 1 aromatic rings. The molecule has 8 heteroatoms. The molecule has 2 N–H and O–H groups in total. The highest BCUT2D eigenvalue weighted by Crippen LogP contribution is 2.38. The van der Waals surface area contributed by atoms with E-state index in [9.17, 15) is 23.1 Å². The highest BCUT2D eigenvalue weighted by Gasteiger charge is 2.35. The smallest absolute Gasteiger partial charge is 0.428 e. The van der Waals surface area contributed by atoms with Gasteiger partial charge < -0.3 is 9.84 Å². The van der Waals surface area contributed by atoms with Crippen molar-refractivity contribution in [3.05, 3.63) is 41.0 Å². The van der Waals surface area contributed by atoms with Gasteiger partial charge in [-0.15, -0.1) is 0 Å². The van der Waals surface area contributed by atoms with Crippen molar-refractivity contribution in [1.29, 1.82) is 0 Å². The number of rotatable bonds is 2. The normalized spacial score (nSPS) is 21.5. The molecule has 1 amide bonds. The van der Waals surface area contributed by atoms with Crippen LogP contribution in [0.5, 0.6) is 0 Å². The molecule has 3 rings (SSSR count). The highest BCUT2D eigenvalue weighted by atomic mass is 19.4. The lowest BCUT2D eigenvalue weighted by atomic mass is 9.88. The lowest BCUT2D eigenvalue weighted by Gasteiger charge is -2.22. The number of hydrogen-bond donors (Lipinski definition) is 2. The Morgan fingerprint density at radius 3 is 2.71 bits per heavy atom. The Labute approximate surface area is 135 Å². The van der Waals surface area contributed by atoms with Crippen molar-refractivity contribution in [2.24, 2.45) is 5.10 Å². The van der Waals surface area contributed by atoms with Crippen LogP contribution in [0.25, 0.3) is 5.57 Å². The van der Waals surface area contributed by atoms with E-state index >= 15 is 0 Å². The van der Waals surface area contributed by atoms with Gasteiger partial charge in [-0.1, -0.05) is 18.2 Å². The minimum atomic E-state index is -4.53. The van der Waals surface area contributed by atoms with Crippen LogP contribution in [0.4, 0.5) is 18.0 Å². The average molecular weight is 340 g/mol. The summed E-state index contributed by atoms with van der Waals surface area (Å²) in [6.45, 7) is -0.183. The maximum Gasteiger partial charge on any atom is 0.428 e. The summed E-state index contributed by atoms with van der Waals surface area (Å²) in [7, 11) is 0. The molecule has 1 atom stereocenters. The summed E-state index contributed by atoms with van der Waals surface area (Å²) >= 11 is 0. The number of aliphatic hydroxyl groups is 1. The third kappa shape index (κ3) is 3.43. The third-order valence-electron chi connectivity index (χ3n) is 4.01. The maximum absolute atomic E-state index is 13.5. The van der Waals surface area contributed by atoms with Crippen LogP contribution in [-0.2, 0) is 10.9 Å². The van der Waals surface area contributed by atoms with Crippen molar-refractivity contribution < 1.29 is 27.8 Å². The lowest BCUT2D eigenvalue weighted by molar-refractivity contribution is -0.137. The largest absolute Gasteiger partial charge is 0.442 e. The molecule has 24 heavy (non-hydrogen) atoms. The summed E-state index contributed by atoms with van der Waals surface area (Å²) in [5, 5.41) is 13.2. The van der Waals surface area contributed by atoms with Gasteiger partial charge in [-0.2, -0.15) is 18.3 Å². The van der Waals surface area contributed by atoms with Crippen LogP contribution in [-0.4, -0.2) is 29.6 Å². The van der Waals surface area contributed by atoms with Crippen molar-refractivity contribution in [3.63, 3.8) is 0 Å². The fraction of sp³-hybridized carbons (Fsp3) is 0.375. The number of halogens is 3. The van der Waals surface area contributed by atoms with Crippen molar-refractivity contribution >= 4 is 17.4 Å². The number of hydrogen-bond acceptors (Lipinski definition) is 4. The fourth-order valence-corrected chi connectivity index (χ4v) is 2.76. The van der Waals surface area contributed by atoms with E-state index in [-0.39, 0.29) is 23.4 Å². The van der Waals surface area contributed by atoms with Crippen LogP contribution < -0.4 is 5.43 Å². The minimum Gasteiger partial charge on any atom is -0.442 e. The van der Waals surface area contributed by atoms with Gasteiger partial charge in [0.2, 0.25) is 0 Å². The molecule has 0 saturated carbocycles. The van der Waals surface area contributed by atoms with Gasteiger partial charge in [-0.05, 0) is 36.5 Å². The molecule has 0 saturated heterocycles. The zero-order valence-corrected chi connectivity index (χ0v) is 12.6. The predicted molar refractivity (Wildman–Crippen MR) is 80.3 cm³/mol. The third-order valence-corrected chi connectivity index (χ3v) is 4.01. The summed E-state index contributed by atoms with van der Waals surface area (Å²) in [5.74, 6) is 0. The molecule has 0 bridgehead atoms. The number of ether oxygens (including phenoxy) is 1. The first kappa shape index (κ1) is 16.5. The number of alkyl halides is 3. The number of carbonyl (C=O) groups is 1. The second-order valence-electron chi connectivity index (χ2n) is 5.66.